The van der Waals surface area contributed by atoms with Gasteiger partial charge in [0.05, 0.1) is 28.1 Å². The van der Waals surface area contributed by atoms with E-state index in [1.54, 1.807) is 19.1 Å². The van der Waals surface area contributed by atoms with Crippen LogP contribution in [0.25, 0.3) is 11.0 Å². The van der Waals surface area contributed by atoms with E-state index in [1.807, 2.05) is 36.9 Å². The lowest BCUT2D eigenvalue weighted by Gasteiger charge is -2.35. The molecule has 0 spiro atoms. The molecule has 0 aliphatic carbocycles. The Bertz CT molecular complexity index is 1410. The number of rotatable bonds is 5. The molecule has 4 rings (SSSR count). The van der Waals surface area contributed by atoms with E-state index in [-0.39, 0.29) is 35.8 Å². The Hall–Kier alpha value is -3.55. The van der Waals surface area contributed by atoms with E-state index < -0.39 is 16.0 Å². The Morgan fingerprint density at radius 2 is 1.68 bits per heavy atom. The first-order valence-corrected chi connectivity index (χ1v) is 12.4. The van der Waals surface area contributed by atoms with E-state index in [0.717, 1.165) is 11.1 Å². The summed E-state index contributed by atoms with van der Waals surface area (Å²) in [5.74, 6) is -0.188. The number of benzene rings is 2. The van der Waals surface area contributed by atoms with Crippen LogP contribution in [0.15, 0.2) is 41.3 Å². The van der Waals surface area contributed by atoms with Crippen molar-refractivity contribution in [1.82, 2.24) is 14.3 Å². The number of hydrogen-bond donors (Lipinski definition) is 0. The van der Waals surface area contributed by atoms with Crippen LogP contribution in [0.1, 0.15) is 34.1 Å². The van der Waals surface area contributed by atoms with Gasteiger partial charge in [0, 0.05) is 26.2 Å². The smallest absolute Gasteiger partial charge is 0.360 e. The van der Waals surface area contributed by atoms with Crippen LogP contribution in [-0.2, 0) is 14.8 Å². The molecule has 34 heavy (non-hydrogen) atoms. The summed E-state index contributed by atoms with van der Waals surface area (Å²) in [4.78, 5) is 23.8. The fraction of sp³-hybridized carbons (Fsp3) is 0.333. The lowest BCUT2D eigenvalue weighted by molar-refractivity contribution is 0.0520. The normalized spacial score (nSPS) is 14.7. The number of piperazine rings is 1. The molecule has 0 saturated carbocycles. The zero-order valence-electron chi connectivity index (χ0n) is 19.3. The molecule has 0 radical (unpaired) electrons. The number of esters is 1. The molecule has 1 aliphatic heterocycles. The van der Waals surface area contributed by atoms with Gasteiger partial charge in [-0.25, -0.2) is 23.2 Å². The van der Waals surface area contributed by atoms with Crippen LogP contribution in [0.5, 0.6) is 0 Å². The molecule has 0 atom stereocenters. The zero-order chi connectivity index (χ0) is 24.5. The van der Waals surface area contributed by atoms with E-state index >= 15 is 0 Å². The Labute approximate surface area is 198 Å². The molecule has 1 saturated heterocycles. The Kier molecular flexibility index (Phi) is 6.50. The lowest BCUT2D eigenvalue weighted by atomic mass is 10.1. The molecule has 0 N–H and O–H groups in total. The third-order valence-corrected chi connectivity index (χ3v) is 7.85. The second-order valence-corrected chi connectivity index (χ2v) is 9.95. The number of nitrogens with zero attached hydrogens (tertiary/aromatic N) is 5. The summed E-state index contributed by atoms with van der Waals surface area (Å²) in [6, 6.07) is 11.9. The SMILES string of the molecule is CCOC(=O)c1nc2cc(C)c(C)cc2nc1N1CCN(S(=O)(=O)c2ccccc2C#N)CC1. The number of carbonyl (C=O) groups is 1. The summed E-state index contributed by atoms with van der Waals surface area (Å²) in [6.07, 6.45) is 0. The second kappa shape index (κ2) is 9.37. The highest BCUT2D eigenvalue weighted by molar-refractivity contribution is 7.89. The van der Waals surface area contributed by atoms with Crippen LogP contribution >= 0.6 is 0 Å². The molecule has 10 heteroatoms. The van der Waals surface area contributed by atoms with E-state index in [9.17, 15) is 18.5 Å². The first kappa shape index (κ1) is 23.6. The third-order valence-electron chi connectivity index (χ3n) is 5.89. The standard InChI is InChI=1S/C24H25N5O4S/c1-4-33-24(30)22-23(27-20-14-17(3)16(2)13-19(20)26-22)28-9-11-29(12-10-28)34(31,32)21-8-6-5-7-18(21)15-25/h5-8,13-14H,4,9-12H2,1-3H3. The molecule has 1 aliphatic rings. The summed E-state index contributed by atoms with van der Waals surface area (Å²) in [6.45, 7) is 6.86. The van der Waals surface area contributed by atoms with Gasteiger partial charge in [-0.1, -0.05) is 12.1 Å². The monoisotopic (exact) mass is 479 g/mol. The van der Waals surface area contributed by atoms with Crippen molar-refractivity contribution in [2.75, 3.05) is 37.7 Å². The predicted octanol–water partition coefficient (Wildman–Crippen LogP) is 2.81. The van der Waals surface area contributed by atoms with Gasteiger partial charge in [0.2, 0.25) is 10.0 Å². The minimum atomic E-state index is -3.83. The number of anilines is 1. The van der Waals surface area contributed by atoms with Crippen LogP contribution in [0, 0.1) is 25.2 Å². The van der Waals surface area contributed by atoms with Gasteiger partial charge in [-0.05, 0) is 56.2 Å². The summed E-state index contributed by atoms with van der Waals surface area (Å²) in [5, 5.41) is 9.32. The van der Waals surface area contributed by atoms with E-state index in [1.165, 1.54) is 16.4 Å². The minimum absolute atomic E-state index is 0.00509. The van der Waals surface area contributed by atoms with Gasteiger partial charge in [0.25, 0.3) is 0 Å². The second-order valence-electron chi connectivity index (χ2n) is 8.04. The summed E-state index contributed by atoms with van der Waals surface area (Å²) in [5.41, 5.74) is 3.59. The number of aromatic nitrogens is 2. The van der Waals surface area contributed by atoms with Crippen LogP contribution in [0.4, 0.5) is 5.82 Å². The van der Waals surface area contributed by atoms with Gasteiger partial charge in [0.1, 0.15) is 6.07 Å². The third kappa shape index (κ3) is 4.32. The number of carbonyl (C=O) groups excluding carboxylic acids is 1. The van der Waals surface area contributed by atoms with Crippen LogP contribution in [0.2, 0.25) is 0 Å². The van der Waals surface area contributed by atoms with E-state index in [0.29, 0.717) is 29.9 Å². The van der Waals surface area contributed by atoms with Crippen molar-refractivity contribution in [3.05, 3.63) is 58.8 Å². The van der Waals surface area contributed by atoms with Crippen molar-refractivity contribution >= 4 is 32.8 Å². The van der Waals surface area contributed by atoms with Crippen LogP contribution in [-0.4, -0.2) is 61.4 Å². The number of fused-ring (bicyclic) bond motifs is 1. The molecule has 176 valence electrons. The maximum Gasteiger partial charge on any atom is 0.360 e. The highest BCUT2D eigenvalue weighted by Crippen LogP contribution is 2.27. The predicted molar refractivity (Wildman–Crippen MR) is 127 cm³/mol. The van der Waals surface area contributed by atoms with Crippen molar-refractivity contribution in [2.45, 2.75) is 25.7 Å². The molecule has 0 amide bonds. The van der Waals surface area contributed by atoms with E-state index in [4.69, 9.17) is 9.72 Å². The highest BCUT2D eigenvalue weighted by atomic mass is 32.2. The average Bonchev–Trinajstić information content (AvgIpc) is 2.84. The molecular weight excluding hydrogens is 454 g/mol. The maximum absolute atomic E-state index is 13.2. The van der Waals surface area contributed by atoms with Crippen LogP contribution < -0.4 is 4.90 Å². The van der Waals surface area contributed by atoms with Crippen molar-refractivity contribution in [1.29, 1.82) is 5.26 Å². The molecule has 0 bridgehead atoms. The highest BCUT2D eigenvalue weighted by Gasteiger charge is 2.32. The van der Waals surface area contributed by atoms with Crippen molar-refractivity contribution < 1.29 is 17.9 Å². The lowest BCUT2D eigenvalue weighted by Crippen LogP contribution is -2.49. The number of aryl methyl sites for hydroxylation is 2. The Morgan fingerprint density at radius 3 is 2.29 bits per heavy atom. The van der Waals surface area contributed by atoms with Gasteiger partial charge in [-0.15, -0.1) is 0 Å². The van der Waals surface area contributed by atoms with Crippen LogP contribution in [0.3, 0.4) is 0 Å². The summed E-state index contributed by atoms with van der Waals surface area (Å²) in [7, 11) is -3.83. The fourth-order valence-electron chi connectivity index (χ4n) is 3.92. The molecular formula is C24H25N5O4S. The number of ether oxygens (including phenoxy) is 1. The minimum Gasteiger partial charge on any atom is -0.461 e. The molecule has 1 fully saturated rings. The van der Waals surface area contributed by atoms with Gasteiger partial charge < -0.3 is 9.64 Å². The van der Waals surface area contributed by atoms with Crippen molar-refractivity contribution in [2.24, 2.45) is 0 Å². The van der Waals surface area contributed by atoms with Gasteiger partial charge in [-0.3, -0.25) is 0 Å². The molecule has 2 aromatic carbocycles. The Morgan fingerprint density at radius 1 is 1.06 bits per heavy atom. The quantitative estimate of drug-likeness (QED) is 0.513. The first-order chi connectivity index (χ1) is 16.3. The topological polar surface area (TPSA) is 116 Å². The molecule has 1 aromatic heterocycles. The average molecular weight is 480 g/mol. The number of sulfonamides is 1. The largest absolute Gasteiger partial charge is 0.461 e. The Balaban J connectivity index is 1.66. The van der Waals surface area contributed by atoms with Crippen molar-refractivity contribution in [3.8, 4) is 6.07 Å². The molecule has 3 aromatic rings. The first-order valence-electron chi connectivity index (χ1n) is 11.0. The molecule has 0 unspecified atom stereocenters. The van der Waals surface area contributed by atoms with Crippen molar-refractivity contribution in [3.63, 3.8) is 0 Å². The number of hydrogen-bond acceptors (Lipinski definition) is 8. The molecule has 9 nitrogen and oxygen atoms in total. The maximum atomic E-state index is 13.2. The van der Waals surface area contributed by atoms with Gasteiger partial charge in [-0.2, -0.15) is 9.57 Å². The van der Waals surface area contributed by atoms with Gasteiger partial charge >= 0.3 is 5.97 Å². The number of nitriles is 1. The van der Waals surface area contributed by atoms with E-state index in [2.05, 4.69) is 4.98 Å². The van der Waals surface area contributed by atoms with Gasteiger partial charge in [0.15, 0.2) is 11.5 Å². The molecule has 2 heterocycles. The fourth-order valence-corrected chi connectivity index (χ4v) is 5.49. The summed E-state index contributed by atoms with van der Waals surface area (Å²) < 4.78 is 32.9. The zero-order valence-corrected chi connectivity index (χ0v) is 20.1. The summed E-state index contributed by atoms with van der Waals surface area (Å²) >= 11 is 0.